The topological polar surface area (TPSA) is 111 Å². The molecule has 0 amide bonds. The SMILES string of the molecule is C/C(=C\C[C@@]12O[C@]1(C(=O)OC1CCCCC1)C(=O)c1ccccc1C2=O)CCC1=CCNC(N)=C1. The molecule has 184 valence electrons. The van der Waals surface area contributed by atoms with Gasteiger partial charge in [0, 0.05) is 24.1 Å². The van der Waals surface area contributed by atoms with E-state index in [-0.39, 0.29) is 23.9 Å². The normalized spacial score (nSPS) is 28.3. The van der Waals surface area contributed by atoms with E-state index in [2.05, 4.69) is 11.4 Å². The Morgan fingerprint density at radius 1 is 1.17 bits per heavy atom. The summed E-state index contributed by atoms with van der Waals surface area (Å²) in [6.07, 6.45) is 12.1. The molecule has 2 fully saturated rings. The quantitative estimate of drug-likeness (QED) is 0.266. The number of ether oxygens (including phenoxy) is 2. The Bertz CT molecular complexity index is 1160. The van der Waals surface area contributed by atoms with E-state index in [9.17, 15) is 14.4 Å². The highest BCUT2D eigenvalue weighted by atomic mass is 16.7. The average Bonchev–Trinajstić information content (AvgIpc) is 3.58. The van der Waals surface area contributed by atoms with Gasteiger partial charge in [-0.3, -0.25) is 9.59 Å². The molecular weight excluding hydrogens is 444 g/mol. The molecule has 0 unspecified atom stereocenters. The predicted molar refractivity (Wildman–Crippen MR) is 131 cm³/mol. The number of rotatable bonds is 7. The van der Waals surface area contributed by atoms with Crippen LogP contribution in [0.2, 0.25) is 0 Å². The Kier molecular flexibility index (Phi) is 6.13. The Morgan fingerprint density at radius 3 is 2.60 bits per heavy atom. The molecule has 2 heterocycles. The first kappa shape index (κ1) is 23.5. The molecule has 3 N–H and O–H groups in total. The number of hydrogen-bond donors (Lipinski definition) is 2. The highest BCUT2D eigenvalue weighted by Gasteiger charge is 2.85. The molecule has 1 saturated carbocycles. The summed E-state index contributed by atoms with van der Waals surface area (Å²) in [4.78, 5) is 40.7. The third-order valence-electron chi connectivity index (χ3n) is 7.63. The van der Waals surface area contributed by atoms with Crippen molar-refractivity contribution in [1.82, 2.24) is 5.32 Å². The van der Waals surface area contributed by atoms with Crippen LogP contribution in [0.3, 0.4) is 0 Å². The molecular formula is C28H32N2O5. The first-order valence-electron chi connectivity index (χ1n) is 12.5. The standard InChI is InChI=1S/C28H32N2O5/c1-18(11-12-19-14-16-30-23(29)17-19)13-15-27-24(31)21-9-5-6-10-22(21)25(32)28(27,35-27)26(33)34-20-7-3-2-4-8-20/h5-6,9-10,13-14,17,20,30H,2-4,7-8,11-12,15-16,29H2,1H3/b18-13+/t27-,28-/m0/s1. The predicted octanol–water partition coefficient (Wildman–Crippen LogP) is 3.90. The van der Waals surface area contributed by atoms with E-state index < -0.39 is 23.0 Å². The first-order chi connectivity index (χ1) is 16.9. The number of nitrogens with one attached hydrogen (secondary N) is 1. The van der Waals surface area contributed by atoms with Gasteiger partial charge in [0.1, 0.15) is 6.10 Å². The number of dihydropyridines is 1. The van der Waals surface area contributed by atoms with Gasteiger partial charge in [0.15, 0.2) is 11.4 Å². The summed E-state index contributed by atoms with van der Waals surface area (Å²) < 4.78 is 11.7. The van der Waals surface area contributed by atoms with Gasteiger partial charge < -0.3 is 20.5 Å². The van der Waals surface area contributed by atoms with Crippen LogP contribution in [-0.2, 0) is 14.3 Å². The molecule has 4 aliphatic rings. The fourth-order valence-electron chi connectivity index (χ4n) is 5.50. The fourth-order valence-corrected chi connectivity index (χ4v) is 5.50. The summed E-state index contributed by atoms with van der Waals surface area (Å²) in [5.41, 5.74) is 5.17. The number of epoxide rings is 1. The number of allylic oxidation sites excluding steroid dienone is 3. The zero-order valence-electron chi connectivity index (χ0n) is 20.1. The molecule has 1 aromatic rings. The third-order valence-corrected chi connectivity index (χ3v) is 7.63. The Labute approximate surface area is 205 Å². The maximum Gasteiger partial charge on any atom is 0.350 e. The second-order valence-electron chi connectivity index (χ2n) is 9.99. The van der Waals surface area contributed by atoms with Crippen molar-refractivity contribution in [3.8, 4) is 0 Å². The number of fused-ring (bicyclic) bond motifs is 2. The van der Waals surface area contributed by atoms with E-state index in [1.165, 1.54) is 0 Å². The van der Waals surface area contributed by atoms with Gasteiger partial charge in [-0.15, -0.1) is 0 Å². The second-order valence-corrected chi connectivity index (χ2v) is 9.99. The molecule has 0 aromatic heterocycles. The smallest absolute Gasteiger partial charge is 0.350 e. The zero-order chi connectivity index (χ0) is 24.6. The number of carbonyl (C=O) groups is 3. The van der Waals surface area contributed by atoms with E-state index >= 15 is 0 Å². The Hall–Kier alpha value is -3.19. The fraction of sp³-hybridized carbons (Fsp3) is 0.464. The highest BCUT2D eigenvalue weighted by molar-refractivity contribution is 6.32. The van der Waals surface area contributed by atoms with Crippen LogP contribution in [0.25, 0.3) is 0 Å². The lowest BCUT2D eigenvalue weighted by Crippen LogP contribution is -2.51. The maximum absolute atomic E-state index is 13.6. The van der Waals surface area contributed by atoms with Crippen LogP contribution in [0.4, 0.5) is 0 Å². The van der Waals surface area contributed by atoms with Crippen LogP contribution in [0, 0.1) is 0 Å². The molecule has 5 rings (SSSR count). The summed E-state index contributed by atoms with van der Waals surface area (Å²) in [5.74, 6) is -0.862. The van der Waals surface area contributed by atoms with Crippen molar-refractivity contribution in [2.45, 2.75) is 75.6 Å². The molecule has 7 nitrogen and oxygen atoms in total. The summed E-state index contributed by atoms with van der Waals surface area (Å²) in [5, 5.41) is 3.06. The number of hydrogen-bond acceptors (Lipinski definition) is 7. The molecule has 0 bridgehead atoms. The maximum atomic E-state index is 13.6. The number of nitrogens with two attached hydrogens (primary N) is 1. The molecule has 2 aliphatic heterocycles. The van der Waals surface area contributed by atoms with Gasteiger partial charge in [-0.1, -0.05) is 48.4 Å². The Morgan fingerprint density at radius 2 is 1.89 bits per heavy atom. The summed E-state index contributed by atoms with van der Waals surface area (Å²) in [6, 6.07) is 6.64. The summed E-state index contributed by atoms with van der Waals surface area (Å²) >= 11 is 0. The molecule has 2 aliphatic carbocycles. The highest BCUT2D eigenvalue weighted by Crippen LogP contribution is 2.58. The zero-order valence-corrected chi connectivity index (χ0v) is 20.1. The van der Waals surface area contributed by atoms with Crippen LogP contribution in [0.15, 0.2) is 59.5 Å². The van der Waals surface area contributed by atoms with Gasteiger partial charge >= 0.3 is 5.97 Å². The van der Waals surface area contributed by atoms with Crippen molar-refractivity contribution in [3.05, 3.63) is 70.6 Å². The van der Waals surface area contributed by atoms with E-state index in [0.29, 0.717) is 17.9 Å². The van der Waals surface area contributed by atoms with Gasteiger partial charge in [-0.25, -0.2) is 4.79 Å². The van der Waals surface area contributed by atoms with Crippen LogP contribution < -0.4 is 11.1 Å². The number of esters is 1. The van der Waals surface area contributed by atoms with E-state index in [0.717, 1.165) is 56.1 Å². The third kappa shape index (κ3) is 4.01. The molecule has 1 aromatic carbocycles. The van der Waals surface area contributed by atoms with E-state index in [1.807, 2.05) is 19.1 Å². The second kappa shape index (κ2) is 9.11. The average molecular weight is 477 g/mol. The monoisotopic (exact) mass is 476 g/mol. The number of benzene rings is 1. The van der Waals surface area contributed by atoms with Crippen LogP contribution in [0.5, 0.6) is 0 Å². The van der Waals surface area contributed by atoms with Crippen molar-refractivity contribution in [1.29, 1.82) is 0 Å². The van der Waals surface area contributed by atoms with Crippen LogP contribution >= 0.6 is 0 Å². The molecule has 2 atom stereocenters. The number of Topliss-reactive ketones (excluding diaryl/α,β-unsaturated/α-hetero) is 2. The first-order valence-corrected chi connectivity index (χ1v) is 12.5. The van der Waals surface area contributed by atoms with Gasteiger partial charge in [0.05, 0.1) is 5.82 Å². The molecule has 35 heavy (non-hydrogen) atoms. The summed E-state index contributed by atoms with van der Waals surface area (Å²) in [7, 11) is 0. The molecule has 0 radical (unpaired) electrons. The van der Waals surface area contributed by atoms with Crippen molar-refractivity contribution in [2.75, 3.05) is 6.54 Å². The molecule has 0 spiro atoms. The minimum atomic E-state index is -1.89. The van der Waals surface area contributed by atoms with Crippen molar-refractivity contribution in [2.24, 2.45) is 5.73 Å². The van der Waals surface area contributed by atoms with E-state index in [1.54, 1.807) is 24.3 Å². The largest absolute Gasteiger partial charge is 0.460 e. The van der Waals surface area contributed by atoms with Crippen LogP contribution in [-0.4, -0.2) is 41.4 Å². The van der Waals surface area contributed by atoms with Crippen LogP contribution in [0.1, 0.15) is 79.0 Å². The number of carbonyl (C=O) groups excluding carboxylic acids is 3. The van der Waals surface area contributed by atoms with Gasteiger partial charge in [-0.05, 0) is 57.1 Å². The lowest BCUT2D eigenvalue weighted by Gasteiger charge is -2.27. The lowest BCUT2D eigenvalue weighted by molar-refractivity contribution is -0.155. The molecule has 1 saturated heterocycles. The van der Waals surface area contributed by atoms with Crippen molar-refractivity contribution >= 4 is 17.5 Å². The minimum Gasteiger partial charge on any atom is -0.460 e. The van der Waals surface area contributed by atoms with Crippen molar-refractivity contribution in [3.63, 3.8) is 0 Å². The summed E-state index contributed by atoms with van der Waals surface area (Å²) in [6.45, 7) is 2.69. The molecule has 7 heteroatoms. The lowest BCUT2D eigenvalue weighted by atomic mass is 9.72. The minimum absolute atomic E-state index is 0.149. The van der Waals surface area contributed by atoms with Gasteiger partial charge in [0.25, 0.3) is 5.60 Å². The Balaban J connectivity index is 1.38. The van der Waals surface area contributed by atoms with E-state index in [4.69, 9.17) is 15.2 Å². The van der Waals surface area contributed by atoms with Gasteiger partial charge in [0.2, 0.25) is 5.78 Å². The number of ketones is 2. The van der Waals surface area contributed by atoms with Crippen molar-refractivity contribution < 1.29 is 23.9 Å². The van der Waals surface area contributed by atoms with Gasteiger partial charge in [-0.2, -0.15) is 0 Å².